The summed E-state index contributed by atoms with van der Waals surface area (Å²) in [6.45, 7) is 0. The Bertz CT molecular complexity index is 896. The summed E-state index contributed by atoms with van der Waals surface area (Å²) in [4.78, 5) is 4.23. The third-order valence-corrected chi connectivity index (χ3v) is 4.36. The molecule has 8 heteroatoms. The number of phenols is 2. The molecule has 0 unspecified atom stereocenters. The van der Waals surface area contributed by atoms with Crippen LogP contribution in [-0.4, -0.2) is 26.6 Å². The molecule has 0 saturated heterocycles. The van der Waals surface area contributed by atoms with Crippen molar-refractivity contribution in [3.05, 3.63) is 52.0 Å². The number of nitrogens with zero attached hydrogens (tertiary/aromatic N) is 3. The maximum absolute atomic E-state index is 9.52. The zero-order chi connectivity index (χ0) is 16.4. The van der Waals surface area contributed by atoms with E-state index in [0.717, 1.165) is 5.56 Å². The molecule has 23 heavy (non-hydrogen) atoms. The van der Waals surface area contributed by atoms with Crippen LogP contribution in [0.2, 0.25) is 10.0 Å². The van der Waals surface area contributed by atoms with Crippen LogP contribution < -0.4 is 0 Å². The molecule has 0 atom stereocenters. The van der Waals surface area contributed by atoms with Crippen molar-refractivity contribution in [2.45, 2.75) is 0 Å². The Hall–Kier alpha value is -2.15. The van der Waals surface area contributed by atoms with E-state index in [1.807, 2.05) is 0 Å². The quantitative estimate of drug-likeness (QED) is 0.521. The fraction of sp³-hybridized carbons (Fsp3) is 0. The second-order valence-electron chi connectivity index (χ2n) is 4.52. The van der Waals surface area contributed by atoms with Crippen LogP contribution in [0.15, 0.2) is 41.4 Å². The summed E-state index contributed by atoms with van der Waals surface area (Å²) in [6.07, 6.45) is 1.58. The normalized spacial score (nSPS) is 11.2. The van der Waals surface area contributed by atoms with Gasteiger partial charge in [0, 0.05) is 22.4 Å². The number of rotatable bonds is 3. The SMILES string of the molecule is Oc1ccc(-c2nnc(N=Cc3ccc(Cl)cc3Cl)s2)cc1O. The van der Waals surface area contributed by atoms with E-state index in [-0.39, 0.29) is 11.5 Å². The monoisotopic (exact) mass is 365 g/mol. The van der Waals surface area contributed by atoms with Crippen LogP contribution in [0, 0.1) is 0 Å². The van der Waals surface area contributed by atoms with Crippen LogP contribution in [-0.2, 0) is 0 Å². The zero-order valence-corrected chi connectivity index (χ0v) is 13.8. The van der Waals surface area contributed by atoms with Gasteiger partial charge in [0.05, 0.1) is 5.02 Å². The average Bonchev–Trinajstić information content (AvgIpc) is 2.98. The molecule has 0 radical (unpaired) electrons. The lowest BCUT2D eigenvalue weighted by atomic mass is 10.2. The molecular weight excluding hydrogens is 357 g/mol. The van der Waals surface area contributed by atoms with E-state index in [4.69, 9.17) is 23.2 Å². The molecule has 0 aliphatic rings. The lowest BCUT2D eigenvalue weighted by Crippen LogP contribution is -1.82. The Kier molecular flexibility index (Phi) is 4.47. The predicted octanol–water partition coefficient (Wildman–Crippen LogP) is 4.67. The first-order chi connectivity index (χ1) is 11.0. The van der Waals surface area contributed by atoms with E-state index < -0.39 is 0 Å². The minimum atomic E-state index is -0.212. The number of halogens is 2. The molecule has 0 bridgehead atoms. The zero-order valence-electron chi connectivity index (χ0n) is 11.4. The van der Waals surface area contributed by atoms with Gasteiger partial charge in [0.25, 0.3) is 0 Å². The van der Waals surface area contributed by atoms with E-state index >= 15 is 0 Å². The molecular formula is C15H9Cl2N3O2S. The Morgan fingerprint density at radius 2 is 1.83 bits per heavy atom. The van der Waals surface area contributed by atoms with Crippen LogP contribution in [0.25, 0.3) is 10.6 Å². The number of hydrogen-bond acceptors (Lipinski definition) is 6. The molecule has 0 aliphatic carbocycles. The van der Waals surface area contributed by atoms with Crippen molar-refractivity contribution < 1.29 is 10.2 Å². The van der Waals surface area contributed by atoms with Crippen LogP contribution in [0.1, 0.15) is 5.56 Å². The highest BCUT2D eigenvalue weighted by Crippen LogP contribution is 2.33. The van der Waals surface area contributed by atoms with Crippen LogP contribution >= 0.6 is 34.5 Å². The van der Waals surface area contributed by atoms with Gasteiger partial charge in [0.2, 0.25) is 5.13 Å². The van der Waals surface area contributed by atoms with Crippen molar-refractivity contribution in [3.63, 3.8) is 0 Å². The number of hydrogen-bond donors (Lipinski definition) is 2. The highest BCUT2D eigenvalue weighted by molar-refractivity contribution is 7.18. The topological polar surface area (TPSA) is 78.6 Å². The van der Waals surface area contributed by atoms with E-state index in [1.165, 1.54) is 23.5 Å². The van der Waals surface area contributed by atoms with Gasteiger partial charge >= 0.3 is 0 Å². The fourth-order valence-electron chi connectivity index (χ4n) is 1.77. The minimum Gasteiger partial charge on any atom is -0.504 e. The molecule has 2 N–H and O–H groups in total. The van der Waals surface area contributed by atoms with Gasteiger partial charge in [0.1, 0.15) is 5.01 Å². The molecule has 0 spiro atoms. The molecule has 3 rings (SSSR count). The largest absolute Gasteiger partial charge is 0.504 e. The lowest BCUT2D eigenvalue weighted by Gasteiger charge is -1.98. The van der Waals surface area contributed by atoms with Gasteiger partial charge < -0.3 is 10.2 Å². The van der Waals surface area contributed by atoms with E-state index in [9.17, 15) is 10.2 Å². The molecule has 0 amide bonds. The Morgan fingerprint density at radius 1 is 1.00 bits per heavy atom. The average molecular weight is 366 g/mol. The number of phenolic OH excluding ortho intramolecular Hbond substituents is 2. The fourth-order valence-corrected chi connectivity index (χ4v) is 2.92. The first-order valence-electron chi connectivity index (χ1n) is 6.38. The van der Waals surface area contributed by atoms with Crippen LogP contribution in [0.4, 0.5) is 5.13 Å². The second kappa shape index (κ2) is 6.54. The summed E-state index contributed by atoms with van der Waals surface area (Å²) in [7, 11) is 0. The third kappa shape index (κ3) is 3.61. The molecule has 1 aromatic heterocycles. The highest BCUT2D eigenvalue weighted by atomic mass is 35.5. The maximum atomic E-state index is 9.52. The van der Waals surface area contributed by atoms with Crippen LogP contribution in [0.5, 0.6) is 11.5 Å². The first-order valence-corrected chi connectivity index (χ1v) is 7.95. The van der Waals surface area contributed by atoms with Gasteiger partial charge in [-0.1, -0.05) is 40.6 Å². The number of aliphatic imine (C=N–C) groups is 1. The van der Waals surface area contributed by atoms with E-state index in [1.54, 1.807) is 30.5 Å². The predicted molar refractivity (Wildman–Crippen MR) is 92.4 cm³/mol. The lowest BCUT2D eigenvalue weighted by molar-refractivity contribution is 0.404. The van der Waals surface area contributed by atoms with Crippen molar-refractivity contribution in [2.24, 2.45) is 4.99 Å². The van der Waals surface area contributed by atoms with Gasteiger partial charge in [-0.25, -0.2) is 4.99 Å². The van der Waals surface area contributed by atoms with Crippen molar-refractivity contribution in [2.75, 3.05) is 0 Å². The Labute approximate surface area is 145 Å². The van der Waals surface area contributed by atoms with Gasteiger partial charge in [-0.15, -0.1) is 10.2 Å². The number of aromatic nitrogens is 2. The Morgan fingerprint density at radius 3 is 2.57 bits per heavy atom. The molecule has 5 nitrogen and oxygen atoms in total. The third-order valence-electron chi connectivity index (χ3n) is 2.91. The van der Waals surface area contributed by atoms with E-state index in [0.29, 0.717) is 25.7 Å². The van der Waals surface area contributed by atoms with Crippen molar-refractivity contribution in [1.29, 1.82) is 0 Å². The molecule has 116 valence electrons. The first kappa shape index (κ1) is 15.7. The van der Waals surface area contributed by atoms with Crippen molar-refractivity contribution in [1.82, 2.24) is 10.2 Å². The molecule has 2 aromatic carbocycles. The summed E-state index contributed by atoms with van der Waals surface area (Å²) in [5.74, 6) is -0.399. The van der Waals surface area contributed by atoms with Crippen molar-refractivity contribution >= 4 is 45.9 Å². The molecule has 0 fully saturated rings. The van der Waals surface area contributed by atoms with Gasteiger partial charge in [0.15, 0.2) is 11.5 Å². The Balaban J connectivity index is 1.84. The number of aromatic hydroxyl groups is 2. The summed E-state index contributed by atoms with van der Waals surface area (Å²) in [5.41, 5.74) is 1.36. The minimum absolute atomic E-state index is 0.186. The molecule has 0 saturated carbocycles. The maximum Gasteiger partial charge on any atom is 0.231 e. The molecule has 0 aliphatic heterocycles. The summed E-state index contributed by atoms with van der Waals surface area (Å²) in [6, 6.07) is 9.56. The smallest absolute Gasteiger partial charge is 0.231 e. The molecule has 1 heterocycles. The number of benzene rings is 2. The van der Waals surface area contributed by atoms with E-state index in [2.05, 4.69) is 15.2 Å². The summed E-state index contributed by atoms with van der Waals surface area (Å²) in [5, 5.41) is 28.9. The van der Waals surface area contributed by atoms with Crippen LogP contribution in [0.3, 0.4) is 0 Å². The van der Waals surface area contributed by atoms with Gasteiger partial charge in [-0.3, -0.25) is 0 Å². The molecule has 3 aromatic rings. The highest BCUT2D eigenvalue weighted by Gasteiger charge is 2.08. The summed E-state index contributed by atoms with van der Waals surface area (Å²) < 4.78 is 0. The summed E-state index contributed by atoms with van der Waals surface area (Å²) >= 11 is 13.2. The standard InChI is InChI=1S/C15H9Cl2N3O2S/c16-10-3-1-9(11(17)6-10)7-18-15-20-19-14(23-15)8-2-4-12(21)13(22)5-8/h1-7,21-22H. The van der Waals surface area contributed by atoms with Gasteiger partial charge in [-0.05, 0) is 30.3 Å². The van der Waals surface area contributed by atoms with Crippen molar-refractivity contribution in [3.8, 4) is 22.1 Å². The van der Waals surface area contributed by atoms with Gasteiger partial charge in [-0.2, -0.15) is 0 Å². The second-order valence-corrected chi connectivity index (χ2v) is 6.32.